The van der Waals surface area contributed by atoms with Crippen LogP contribution in [0.5, 0.6) is 0 Å². The molecule has 10 nitrogen and oxygen atoms in total. The van der Waals surface area contributed by atoms with E-state index in [2.05, 4.69) is 4.98 Å². The minimum Gasteiger partial charge on any atom is -0.407 e. The van der Waals surface area contributed by atoms with Gasteiger partial charge in [0.05, 0.1) is 39.9 Å². The zero-order chi connectivity index (χ0) is 22.7. The zero-order valence-electron chi connectivity index (χ0n) is 17.2. The van der Waals surface area contributed by atoms with Crippen LogP contribution in [0.1, 0.15) is 12.8 Å². The van der Waals surface area contributed by atoms with Crippen molar-refractivity contribution in [3.8, 4) is 0 Å². The molecule has 2 heterocycles. The van der Waals surface area contributed by atoms with E-state index in [1.54, 1.807) is 12.0 Å². The number of ether oxygens (including phenoxy) is 1. The number of nitrogens with zero attached hydrogens (tertiary/aromatic N) is 4. The number of benzene rings is 2. The highest BCUT2D eigenvalue weighted by molar-refractivity contribution is 7.22. The van der Waals surface area contributed by atoms with Crippen molar-refractivity contribution in [1.29, 1.82) is 0 Å². The molecule has 11 heteroatoms. The van der Waals surface area contributed by atoms with Crippen molar-refractivity contribution in [3.05, 3.63) is 63.1 Å². The van der Waals surface area contributed by atoms with Crippen LogP contribution >= 0.6 is 11.3 Å². The Morgan fingerprint density at radius 2 is 2.12 bits per heavy atom. The summed E-state index contributed by atoms with van der Waals surface area (Å²) in [6.45, 7) is 0.979. The molecule has 2 aromatic carbocycles. The molecule has 0 saturated carbocycles. The quantitative estimate of drug-likeness (QED) is 0.279. The van der Waals surface area contributed by atoms with Crippen LogP contribution in [0.15, 0.2) is 51.7 Å². The minimum absolute atomic E-state index is 0.127. The largest absolute Gasteiger partial charge is 0.419 e. The molecule has 0 bridgehead atoms. The van der Waals surface area contributed by atoms with E-state index in [-0.39, 0.29) is 30.1 Å². The Morgan fingerprint density at radius 3 is 2.88 bits per heavy atom. The number of oxazole rings is 1. The normalized spacial score (nSPS) is 11.3. The topological polar surface area (TPSA) is 121 Å². The lowest BCUT2D eigenvalue weighted by atomic mass is 10.2. The van der Waals surface area contributed by atoms with Crippen molar-refractivity contribution in [3.63, 3.8) is 0 Å². The van der Waals surface area contributed by atoms with Gasteiger partial charge < -0.3 is 9.15 Å². The minimum atomic E-state index is -0.615. The first-order valence-corrected chi connectivity index (χ1v) is 10.7. The number of anilines is 1. The summed E-state index contributed by atoms with van der Waals surface area (Å²) in [4.78, 5) is 41.7. The summed E-state index contributed by atoms with van der Waals surface area (Å²) in [6.07, 6.45) is 0.574. The molecule has 0 aliphatic carbocycles. The van der Waals surface area contributed by atoms with E-state index < -0.39 is 10.7 Å². The van der Waals surface area contributed by atoms with Gasteiger partial charge in [0.25, 0.3) is 5.69 Å². The summed E-state index contributed by atoms with van der Waals surface area (Å²) in [7, 11) is 1.57. The number of methoxy groups -OCH3 is 1. The maximum atomic E-state index is 13.0. The third-order valence-corrected chi connectivity index (χ3v) is 6.03. The molecular formula is C21H20N4O6S. The van der Waals surface area contributed by atoms with E-state index in [1.165, 1.54) is 34.1 Å². The number of hydrogen-bond donors (Lipinski definition) is 0. The number of carbonyl (C=O) groups excluding carboxylic acids is 1. The SMILES string of the molecule is COCCN(C(=O)CCCn1c(=O)oc2cc([N+](=O)[O-])ccc21)c1nc2ccccc2s1. The van der Waals surface area contributed by atoms with Gasteiger partial charge in [-0.15, -0.1) is 0 Å². The van der Waals surface area contributed by atoms with Crippen molar-refractivity contribution in [2.75, 3.05) is 25.2 Å². The maximum Gasteiger partial charge on any atom is 0.419 e. The van der Waals surface area contributed by atoms with Gasteiger partial charge in [-0.05, 0) is 24.6 Å². The van der Waals surface area contributed by atoms with Gasteiger partial charge in [-0.3, -0.25) is 24.4 Å². The highest BCUT2D eigenvalue weighted by atomic mass is 32.1. The Bertz CT molecular complexity index is 1310. The molecule has 0 aliphatic heterocycles. The van der Waals surface area contributed by atoms with Gasteiger partial charge in [0.2, 0.25) is 5.91 Å². The fourth-order valence-electron chi connectivity index (χ4n) is 3.39. The van der Waals surface area contributed by atoms with Crippen LogP contribution < -0.4 is 10.7 Å². The number of rotatable bonds is 9. The first-order chi connectivity index (χ1) is 15.5. The van der Waals surface area contributed by atoms with Crippen LogP contribution in [0.25, 0.3) is 21.3 Å². The molecule has 32 heavy (non-hydrogen) atoms. The third-order valence-electron chi connectivity index (χ3n) is 4.97. The number of aryl methyl sites for hydroxylation is 1. The molecule has 0 radical (unpaired) electrons. The Morgan fingerprint density at radius 1 is 1.31 bits per heavy atom. The molecule has 2 aromatic heterocycles. The number of non-ortho nitro benzene ring substituents is 1. The molecule has 1 amide bonds. The number of amides is 1. The summed E-state index contributed by atoms with van der Waals surface area (Å²) >= 11 is 1.44. The van der Waals surface area contributed by atoms with Gasteiger partial charge >= 0.3 is 5.76 Å². The van der Waals surface area contributed by atoms with Crippen LogP contribution in [0.2, 0.25) is 0 Å². The van der Waals surface area contributed by atoms with Crippen LogP contribution in [0, 0.1) is 10.1 Å². The van der Waals surface area contributed by atoms with Crippen LogP contribution in [0.4, 0.5) is 10.8 Å². The number of hydrogen-bond acceptors (Lipinski definition) is 8. The van der Waals surface area contributed by atoms with Gasteiger partial charge in [-0.25, -0.2) is 9.78 Å². The second-order valence-electron chi connectivity index (χ2n) is 7.03. The molecule has 0 aliphatic rings. The van der Waals surface area contributed by atoms with Crippen LogP contribution in [-0.4, -0.2) is 40.6 Å². The molecular weight excluding hydrogens is 436 g/mol. The molecule has 4 aromatic rings. The van der Waals surface area contributed by atoms with Crippen molar-refractivity contribution < 1.29 is 18.9 Å². The van der Waals surface area contributed by atoms with Crippen molar-refractivity contribution in [2.24, 2.45) is 0 Å². The van der Waals surface area contributed by atoms with E-state index in [0.29, 0.717) is 30.2 Å². The summed E-state index contributed by atoms with van der Waals surface area (Å²) in [5.74, 6) is -0.743. The van der Waals surface area contributed by atoms with Gasteiger partial charge in [-0.2, -0.15) is 0 Å². The smallest absolute Gasteiger partial charge is 0.407 e. The molecule has 0 atom stereocenters. The summed E-state index contributed by atoms with van der Waals surface area (Å²) in [5.41, 5.74) is 1.27. The average molecular weight is 456 g/mol. The highest BCUT2D eigenvalue weighted by Gasteiger charge is 2.20. The average Bonchev–Trinajstić information content (AvgIpc) is 3.34. The first kappa shape index (κ1) is 21.7. The van der Waals surface area contributed by atoms with Crippen LogP contribution in [-0.2, 0) is 16.1 Å². The number of aromatic nitrogens is 2. The van der Waals surface area contributed by atoms with E-state index in [0.717, 1.165) is 10.2 Å². The zero-order valence-corrected chi connectivity index (χ0v) is 18.0. The number of fused-ring (bicyclic) bond motifs is 2. The third kappa shape index (κ3) is 4.39. The van der Waals surface area contributed by atoms with Crippen molar-refractivity contribution in [1.82, 2.24) is 9.55 Å². The van der Waals surface area contributed by atoms with Gasteiger partial charge in [0, 0.05) is 26.1 Å². The number of nitro benzene ring substituents is 1. The summed E-state index contributed by atoms with van der Waals surface area (Å²) in [6, 6.07) is 11.7. The van der Waals surface area contributed by atoms with Crippen molar-refractivity contribution in [2.45, 2.75) is 19.4 Å². The summed E-state index contributed by atoms with van der Waals surface area (Å²) in [5, 5.41) is 11.5. The highest BCUT2D eigenvalue weighted by Crippen LogP contribution is 2.29. The lowest BCUT2D eigenvalue weighted by Crippen LogP contribution is -2.34. The predicted molar refractivity (Wildman–Crippen MR) is 120 cm³/mol. The Labute approximate surface area is 185 Å². The molecule has 4 rings (SSSR count). The van der Waals surface area contributed by atoms with Gasteiger partial charge in [0.1, 0.15) is 0 Å². The Kier molecular flexibility index (Phi) is 6.28. The van der Waals surface area contributed by atoms with E-state index in [4.69, 9.17) is 9.15 Å². The lowest BCUT2D eigenvalue weighted by Gasteiger charge is -2.19. The molecule has 0 fully saturated rings. The lowest BCUT2D eigenvalue weighted by molar-refractivity contribution is -0.384. The summed E-state index contributed by atoms with van der Waals surface area (Å²) < 4.78 is 12.7. The maximum absolute atomic E-state index is 13.0. The van der Waals surface area contributed by atoms with Crippen molar-refractivity contribution >= 4 is 49.4 Å². The monoisotopic (exact) mass is 456 g/mol. The van der Waals surface area contributed by atoms with E-state index in [1.807, 2.05) is 24.3 Å². The fraction of sp³-hybridized carbons (Fsp3) is 0.286. The predicted octanol–water partition coefficient (Wildman–Crippen LogP) is 3.57. The standard InChI is InChI=1S/C21H20N4O6S/c1-30-12-11-24(20-22-15-5-2-3-6-18(15)32-20)19(26)7-4-10-23-16-9-8-14(25(28)29)13-17(16)31-21(23)27/h2-3,5-6,8-9,13H,4,7,10-12H2,1H3. The molecule has 0 unspecified atom stereocenters. The number of para-hydroxylation sites is 1. The molecule has 0 saturated heterocycles. The van der Waals surface area contributed by atoms with E-state index in [9.17, 15) is 19.7 Å². The fourth-order valence-corrected chi connectivity index (χ4v) is 4.40. The van der Waals surface area contributed by atoms with Gasteiger partial charge in [-0.1, -0.05) is 23.5 Å². The molecule has 0 N–H and O–H groups in total. The number of nitro groups is 1. The molecule has 166 valence electrons. The van der Waals surface area contributed by atoms with E-state index >= 15 is 0 Å². The first-order valence-electron chi connectivity index (χ1n) is 9.90. The van der Waals surface area contributed by atoms with Crippen LogP contribution in [0.3, 0.4) is 0 Å². The molecule has 0 spiro atoms. The number of carbonyl (C=O) groups is 1. The Hall–Kier alpha value is -3.57. The number of thiazole rings is 1. The van der Waals surface area contributed by atoms with Gasteiger partial charge in [0.15, 0.2) is 10.7 Å². The Balaban J connectivity index is 1.48. The second-order valence-corrected chi connectivity index (χ2v) is 8.04. The second kappa shape index (κ2) is 9.28.